The zero-order chi connectivity index (χ0) is 19.3. The summed E-state index contributed by atoms with van der Waals surface area (Å²) in [5.74, 6) is -0.211. The lowest BCUT2D eigenvalue weighted by Crippen LogP contribution is -2.42. The van der Waals surface area contributed by atoms with Crippen LogP contribution in [-0.2, 0) is 4.74 Å². The summed E-state index contributed by atoms with van der Waals surface area (Å²) in [7, 11) is 1.58. The van der Waals surface area contributed by atoms with Gasteiger partial charge >= 0.3 is 6.09 Å². The van der Waals surface area contributed by atoms with E-state index in [9.17, 15) is 9.59 Å². The number of alkyl carbamates (subject to hydrolysis) is 1. The molecule has 1 aliphatic carbocycles. The monoisotopic (exact) mass is 382 g/mol. The maximum absolute atomic E-state index is 12.0. The predicted molar refractivity (Wildman–Crippen MR) is 102 cm³/mol. The van der Waals surface area contributed by atoms with Crippen LogP contribution in [0, 0.1) is 0 Å². The van der Waals surface area contributed by atoms with E-state index in [0.29, 0.717) is 16.4 Å². The van der Waals surface area contributed by atoms with E-state index in [1.54, 1.807) is 13.1 Å². The highest BCUT2D eigenvalue weighted by Crippen LogP contribution is 2.26. The fourth-order valence-corrected chi connectivity index (χ4v) is 3.10. The average Bonchev–Trinajstić information content (AvgIpc) is 2.54. The topological polar surface area (TPSA) is 92.4 Å². The molecule has 0 aliphatic heterocycles. The van der Waals surface area contributed by atoms with Crippen molar-refractivity contribution in [3.8, 4) is 0 Å². The SMILES string of the molecule is CNC(=O)c1cnc(Cl)cc1N[C@H]1CC[C@H](NC(=O)OC(C)(C)C)CC1. The van der Waals surface area contributed by atoms with E-state index in [-0.39, 0.29) is 24.1 Å². The van der Waals surface area contributed by atoms with E-state index >= 15 is 0 Å². The minimum atomic E-state index is -0.500. The average molecular weight is 383 g/mol. The van der Waals surface area contributed by atoms with Gasteiger partial charge in [-0.05, 0) is 52.5 Å². The summed E-state index contributed by atoms with van der Waals surface area (Å²) in [6, 6.07) is 1.97. The third kappa shape index (κ3) is 6.05. The molecule has 0 radical (unpaired) electrons. The van der Waals surface area contributed by atoms with Crippen LogP contribution >= 0.6 is 11.6 Å². The van der Waals surface area contributed by atoms with Crippen molar-refractivity contribution in [2.45, 2.75) is 64.1 Å². The van der Waals surface area contributed by atoms with Crippen molar-refractivity contribution < 1.29 is 14.3 Å². The Kier molecular flexibility index (Phi) is 6.69. The Morgan fingerprint density at radius 2 is 1.81 bits per heavy atom. The number of ether oxygens (including phenoxy) is 1. The second-order valence-electron chi connectivity index (χ2n) is 7.47. The van der Waals surface area contributed by atoms with Gasteiger partial charge in [0.2, 0.25) is 0 Å². The minimum Gasteiger partial charge on any atom is -0.444 e. The Balaban J connectivity index is 1.90. The lowest BCUT2D eigenvalue weighted by atomic mass is 9.91. The molecular formula is C18H27ClN4O3. The molecule has 1 heterocycles. The molecule has 0 saturated heterocycles. The predicted octanol–water partition coefficient (Wildman–Crippen LogP) is 3.34. The van der Waals surface area contributed by atoms with Gasteiger partial charge in [-0.1, -0.05) is 11.6 Å². The number of hydrogen-bond donors (Lipinski definition) is 3. The Bertz CT molecular complexity index is 652. The van der Waals surface area contributed by atoms with Crippen LogP contribution in [0.25, 0.3) is 0 Å². The van der Waals surface area contributed by atoms with Gasteiger partial charge in [-0.15, -0.1) is 0 Å². The number of carbonyl (C=O) groups is 2. The Labute approximate surface area is 159 Å². The molecule has 1 aliphatic rings. The van der Waals surface area contributed by atoms with Crippen molar-refractivity contribution >= 4 is 29.3 Å². The summed E-state index contributed by atoms with van der Waals surface area (Å²) in [5, 5.41) is 9.25. The van der Waals surface area contributed by atoms with Crippen LogP contribution in [0.15, 0.2) is 12.3 Å². The maximum Gasteiger partial charge on any atom is 0.407 e. The van der Waals surface area contributed by atoms with Crippen molar-refractivity contribution in [2.75, 3.05) is 12.4 Å². The number of halogens is 1. The molecule has 0 aromatic carbocycles. The minimum absolute atomic E-state index is 0.0994. The van der Waals surface area contributed by atoms with Crippen molar-refractivity contribution in [1.82, 2.24) is 15.6 Å². The van der Waals surface area contributed by atoms with E-state index in [4.69, 9.17) is 16.3 Å². The summed E-state index contributed by atoms with van der Waals surface area (Å²) in [4.78, 5) is 27.8. The van der Waals surface area contributed by atoms with Crippen LogP contribution in [-0.4, -0.2) is 41.7 Å². The fraction of sp³-hybridized carbons (Fsp3) is 0.611. The van der Waals surface area contributed by atoms with Crippen LogP contribution < -0.4 is 16.0 Å². The third-order valence-electron chi connectivity index (χ3n) is 4.15. The van der Waals surface area contributed by atoms with Gasteiger partial charge in [0, 0.05) is 25.3 Å². The zero-order valence-electron chi connectivity index (χ0n) is 15.7. The first-order chi connectivity index (χ1) is 12.2. The van der Waals surface area contributed by atoms with Crippen LogP contribution in [0.5, 0.6) is 0 Å². The summed E-state index contributed by atoms with van der Waals surface area (Å²) >= 11 is 5.97. The molecule has 1 fully saturated rings. The van der Waals surface area contributed by atoms with Gasteiger partial charge in [0.1, 0.15) is 10.8 Å². The standard InChI is InChI=1S/C18H27ClN4O3/c1-18(2,3)26-17(25)23-12-7-5-11(6-8-12)22-14-9-15(19)21-10-13(14)16(24)20-4/h9-12H,5-8H2,1-4H3,(H,20,24)(H,21,22)(H,23,25)/t11-,12-. The van der Waals surface area contributed by atoms with Crippen LogP contribution in [0.4, 0.5) is 10.5 Å². The molecule has 3 N–H and O–H groups in total. The molecule has 0 spiro atoms. The highest BCUT2D eigenvalue weighted by molar-refractivity contribution is 6.29. The number of nitrogens with zero attached hydrogens (tertiary/aromatic N) is 1. The first-order valence-electron chi connectivity index (χ1n) is 8.81. The number of aromatic nitrogens is 1. The number of nitrogens with one attached hydrogen (secondary N) is 3. The molecule has 1 aromatic rings. The molecule has 1 saturated carbocycles. The quantitative estimate of drug-likeness (QED) is 0.694. The van der Waals surface area contributed by atoms with Crippen molar-refractivity contribution in [3.63, 3.8) is 0 Å². The molecule has 2 amide bonds. The second-order valence-corrected chi connectivity index (χ2v) is 7.86. The first kappa shape index (κ1) is 20.3. The van der Waals surface area contributed by atoms with Crippen LogP contribution in [0.3, 0.4) is 0 Å². The van der Waals surface area contributed by atoms with Crippen molar-refractivity contribution in [1.29, 1.82) is 0 Å². The highest BCUT2D eigenvalue weighted by Gasteiger charge is 2.25. The van der Waals surface area contributed by atoms with Gasteiger partial charge < -0.3 is 20.7 Å². The molecule has 26 heavy (non-hydrogen) atoms. The molecule has 2 rings (SSSR count). The maximum atomic E-state index is 12.0. The fourth-order valence-electron chi connectivity index (χ4n) is 2.94. The van der Waals surface area contributed by atoms with E-state index in [1.165, 1.54) is 6.20 Å². The van der Waals surface area contributed by atoms with Gasteiger partial charge in [0.15, 0.2) is 0 Å². The van der Waals surface area contributed by atoms with Gasteiger partial charge in [0.25, 0.3) is 5.91 Å². The summed E-state index contributed by atoms with van der Waals surface area (Å²) in [6.45, 7) is 5.53. The Morgan fingerprint density at radius 1 is 1.19 bits per heavy atom. The number of rotatable bonds is 4. The van der Waals surface area contributed by atoms with E-state index in [0.717, 1.165) is 25.7 Å². The van der Waals surface area contributed by atoms with Gasteiger partial charge in [-0.2, -0.15) is 0 Å². The summed E-state index contributed by atoms with van der Waals surface area (Å²) in [5.41, 5.74) is 0.637. The number of pyridine rings is 1. The smallest absolute Gasteiger partial charge is 0.407 e. The molecular weight excluding hydrogens is 356 g/mol. The third-order valence-corrected chi connectivity index (χ3v) is 4.36. The molecule has 0 bridgehead atoms. The molecule has 7 nitrogen and oxygen atoms in total. The zero-order valence-corrected chi connectivity index (χ0v) is 16.4. The van der Waals surface area contributed by atoms with Gasteiger partial charge in [-0.25, -0.2) is 9.78 Å². The molecule has 0 atom stereocenters. The molecule has 1 aromatic heterocycles. The molecule has 0 unspecified atom stereocenters. The molecule has 8 heteroatoms. The van der Waals surface area contributed by atoms with Crippen molar-refractivity contribution in [2.24, 2.45) is 0 Å². The Morgan fingerprint density at radius 3 is 2.38 bits per heavy atom. The number of hydrogen-bond acceptors (Lipinski definition) is 5. The number of amides is 2. The first-order valence-corrected chi connectivity index (χ1v) is 9.19. The Hall–Kier alpha value is -2.02. The lowest BCUT2D eigenvalue weighted by Gasteiger charge is -2.31. The van der Waals surface area contributed by atoms with E-state index < -0.39 is 5.60 Å². The highest BCUT2D eigenvalue weighted by atomic mass is 35.5. The molecule has 144 valence electrons. The van der Waals surface area contributed by atoms with Crippen LogP contribution in [0.2, 0.25) is 5.15 Å². The second kappa shape index (κ2) is 8.58. The van der Waals surface area contributed by atoms with E-state index in [1.807, 2.05) is 20.8 Å². The summed E-state index contributed by atoms with van der Waals surface area (Å²) < 4.78 is 5.30. The van der Waals surface area contributed by atoms with Gasteiger partial charge in [-0.3, -0.25) is 4.79 Å². The van der Waals surface area contributed by atoms with Gasteiger partial charge in [0.05, 0.1) is 11.3 Å². The normalized spacial score (nSPS) is 20.2. The number of anilines is 1. The van der Waals surface area contributed by atoms with Crippen molar-refractivity contribution in [3.05, 3.63) is 23.0 Å². The number of carbonyl (C=O) groups excluding carboxylic acids is 2. The van der Waals surface area contributed by atoms with Crippen LogP contribution in [0.1, 0.15) is 56.8 Å². The summed E-state index contributed by atoms with van der Waals surface area (Å²) in [6.07, 6.45) is 4.51. The lowest BCUT2D eigenvalue weighted by molar-refractivity contribution is 0.0492. The largest absolute Gasteiger partial charge is 0.444 e. The van der Waals surface area contributed by atoms with E-state index in [2.05, 4.69) is 20.9 Å².